The van der Waals surface area contributed by atoms with Crippen molar-refractivity contribution < 1.29 is 22.4 Å². The van der Waals surface area contributed by atoms with Crippen molar-refractivity contribution in [2.24, 2.45) is 0 Å². The minimum absolute atomic E-state index is 0. The van der Waals surface area contributed by atoms with E-state index in [0.717, 1.165) is 0 Å². The second-order valence-corrected chi connectivity index (χ2v) is 5.10. The third-order valence-electron chi connectivity index (χ3n) is 3.20. The largest absolute Gasteiger partial charge is 0.0616 e. The van der Waals surface area contributed by atoms with Crippen LogP contribution in [0.3, 0.4) is 0 Å². The summed E-state index contributed by atoms with van der Waals surface area (Å²) in [5.74, 6) is 1.19. The van der Waals surface area contributed by atoms with Gasteiger partial charge in [-0.25, -0.2) is 0 Å². The first-order chi connectivity index (χ1) is 7.61. The summed E-state index contributed by atoms with van der Waals surface area (Å²) in [4.78, 5) is 0. The summed E-state index contributed by atoms with van der Waals surface area (Å²) in [6, 6.07) is 13.2. The molecule has 0 aliphatic carbocycles. The van der Waals surface area contributed by atoms with E-state index >= 15 is 0 Å². The molecule has 0 aliphatic rings. The van der Waals surface area contributed by atoms with Crippen molar-refractivity contribution >= 4 is 10.8 Å². The summed E-state index contributed by atoms with van der Waals surface area (Å²) in [6.07, 6.45) is 0. The van der Waals surface area contributed by atoms with Gasteiger partial charge in [0, 0.05) is 22.4 Å². The molecule has 0 unspecified atom stereocenters. The fourth-order valence-corrected chi connectivity index (χ4v) is 2.46. The topological polar surface area (TPSA) is 0 Å². The standard InChI is InChI=1S/C16H20.Au/c1-11(2)14-10-9-13-7-5-6-8-15(13)16(14)12(3)4;/h5-12H,1-4H3;. The predicted molar refractivity (Wildman–Crippen MR) is 72.1 cm³/mol. The zero-order valence-electron chi connectivity index (χ0n) is 10.9. The predicted octanol–water partition coefficient (Wildman–Crippen LogP) is 5.08. The Labute approximate surface area is 120 Å². The van der Waals surface area contributed by atoms with Crippen LogP contribution in [-0.2, 0) is 22.4 Å². The average molecular weight is 409 g/mol. The molecule has 0 N–H and O–H groups in total. The van der Waals surface area contributed by atoms with Gasteiger partial charge in [0.1, 0.15) is 0 Å². The molecule has 17 heavy (non-hydrogen) atoms. The molecule has 0 heterocycles. The zero-order valence-corrected chi connectivity index (χ0v) is 13.1. The van der Waals surface area contributed by atoms with Crippen molar-refractivity contribution in [1.29, 1.82) is 0 Å². The van der Waals surface area contributed by atoms with Crippen LogP contribution in [0.4, 0.5) is 0 Å². The summed E-state index contributed by atoms with van der Waals surface area (Å²) < 4.78 is 0. The molecule has 0 atom stereocenters. The van der Waals surface area contributed by atoms with Gasteiger partial charge in [-0.05, 0) is 33.7 Å². The summed E-state index contributed by atoms with van der Waals surface area (Å²) in [5.41, 5.74) is 3.02. The molecule has 0 saturated carbocycles. The van der Waals surface area contributed by atoms with Gasteiger partial charge in [-0.2, -0.15) is 0 Å². The Morgan fingerprint density at radius 3 is 2.00 bits per heavy atom. The maximum Gasteiger partial charge on any atom is 0 e. The summed E-state index contributed by atoms with van der Waals surface area (Å²) >= 11 is 0. The van der Waals surface area contributed by atoms with Crippen molar-refractivity contribution in [1.82, 2.24) is 0 Å². The van der Waals surface area contributed by atoms with E-state index < -0.39 is 0 Å². The van der Waals surface area contributed by atoms with Crippen LogP contribution >= 0.6 is 0 Å². The number of hydrogen-bond donors (Lipinski definition) is 0. The van der Waals surface area contributed by atoms with E-state index in [9.17, 15) is 0 Å². The second-order valence-electron chi connectivity index (χ2n) is 5.10. The third-order valence-corrected chi connectivity index (χ3v) is 3.20. The van der Waals surface area contributed by atoms with Crippen molar-refractivity contribution in [3.05, 3.63) is 47.5 Å². The van der Waals surface area contributed by atoms with Crippen LogP contribution in [0.15, 0.2) is 36.4 Å². The molecule has 0 bridgehead atoms. The van der Waals surface area contributed by atoms with E-state index in [1.165, 1.54) is 21.9 Å². The first-order valence-electron chi connectivity index (χ1n) is 6.12. The van der Waals surface area contributed by atoms with Crippen LogP contribution in [0.25, 0.3) is 10.8 Å². The number of rotatable bonds is 2. The Hall–Kier alpha value is -0.560. The van der Waals surface area contributed by atoms with Gasteiger partial charge in [0.25, 0.3) is 0 Å². The monoisotopic (exact) mass is 409 g/mol. The van der Waals surface area contributed by atoms with Gasteiger partial charge in [0.2, 0.25) is 0 Å². The minimum Gasteiger partial charge on any atom is -0.0616 e. The molecule has 0 aliphatic heterocycles. The molecule has 1 radical (unpaired) electrons. The van der Waals surface area contributed by atoms with Gasteiger partial charge in [-0.1, -0.05) is 64.1 Å². The van der Waals surface area contributed by atoms with E-state index in [1.54, 1.807) is 0 Å². The Kier molecular flexibility index (Phi) is 5.00. The second kappa shape index (κ2) is 5.86. The molecule has 0 nitrogen and oxygen atoms in total. The molecule has 2 aromatic rings. The Balaban J connectivity index is 0.00000144. The van der Waals surface area contributed by atoms with E-state index in [-0.39, 0.29) is 22.4 Å². The molecule has 2 rings (SSSR count). The smallest absolute Gasteiger partial charge is 0 e. The molecule has 1 heteroatoms. The normalized spacial score (nSPS) is 10.9. The molecular weight excluding hydrogens is 389 g/mol. The molecule has 0 aromatic heterocycles. The van der Waals surface area contributed by atoms with Gasteiger partial charge >= 0.3 is 0 Å². The minimum atomic E-state index is 0. The van der Waals surface area contributed by atoms with Crippen LogP contribution in [-0.4, -0.2) is 0 Å². The van der Waals surface area contributed by atoms with Crippen LogP contribution in [0.1, 0.15) is 50.7 Å². The number of hydrogen-bond acceptors (Lipinski definition) is 0. The van der Waals surface area contributed by atoms with Gasteiger partial charge in [-0.3, -0.25) is 0 Å². The van der Waals surface area contributed by atoms with Crippen molar-refractivity contribution in [3.63, 3.8) is 0 Å². The maximum absolute atomic E-state index is 2.29. The van der Waals surface area contributed by atoms with Gasteiger partial charge in [-0.15, -0.1) is 0 Å². The third kappa shape index (κ3) is 2.82. The van der Waals surface area contributed by atoms with E-state index in [0.29, 0.717) is 11.8 Å². The molecule has 95 valence electrons. The van der Waals surface area contributed by atoms with Crippen molar-refractivity contribution in [2.45, 2.75) is 39.5 Å². The van der Waals surface area contributed by atoms with Crippen LogP contribution < -0.4 is 0 Å². The summed E-state index contributed by atoms with van der Waals surface area (Å²) in [5, 5.41) is 2.78. The molecule has 0 amide bonds. The van der Waals surface area contributed by atoms with Gasteiger partial charge in [0.15, 0.2) is 0 Å². The number of benzene rings is 2. The molecule has 2 aromatic carbocycles. The molecule has 0 saturated heterocycles. The fourth-order valence-electron chi connectivity index (χ4n) is 2.46. The SMILES string of the molecule is CC(C)c1ccc2ccccc2c1C(C)C.[Au]. The van der Waals surface area contributed by atoms with Crippen LogP contribution in [0.5, 0.6) is 0 Å². The van der Waals surface area contributed by atoms with Gasteiger partial charge in [0.05, 0.1) is 0 Å². The van der Waals surface area contributed by atoms with Gasteiger partial charge < -0.3 is 0 Å². The van der Waals surface area contributed by atoms with E-state index in [4.69, 9.17) is 0 Å². The average Bonchev–Trinajstić information content (AvgIpc) is 2.27. The molecular formula is C16H20Au. The number of fused-ring (bicyclic) bond motifs is 1. The summed E-state index contributed by atoms with van der Waals surface area (Å²) in [7, 11) is 0. The van der Waals surface area contributed by atoms with E-state index in [1.807, 2.05) is 0 Å². The Morgan fingerprint density at radius 2 is 1.41 bits per heavy atom. The van der Waals surface area contributed by atoms with Crippen molar-refractivity contribution in [3.8, 4) is 0 Å². The van der Waals surface area contributed by atoms with Crippen molar-refractivity contribution in [2.75, 3.05) is 0 Å². The first kappa shape index (κ1) is 14.5. The first-order valence-corrected chi connectivity index (χ1v) is 6.12. The quantitative estimate of drug-likeness (QED) is 0.607. The maximum atomic E-state index is 2.29. The molecule has 0 spiro atoms. The van der Waals surface area contributed by atoms with Crippen LogP contribution in [0, 0.1) is 0 Å². The Bertz CT molecular complexity index is 498. The Morgan fingerprint density at radius 1 is 0.765 bits per heavy atom. The van der Waals surface area contributed by atoms with E-state index in [2.05, 4.69) is 64.1 Å². The fraction of sp³-hybridized carbons (Fsp3) is 0.375. The summed E-state index contributed by atoms with van der Waals surface area (Å²) in [6.45, 7) is 9.12. The zero-order chi connectivity index (χ0) is 11.7. The van der Waals surface area contributed by atoms with Crippen LogP contribution in [0.2, 0.25) is 0 Å². The molecule has 0 fully saturated rings.